The molecule has 0 aliphatic rings. The Balaban J connectivity index is 2.24. The molecule has 7 heteroatoms. The van der Waals surface area contributed by atoms with Crippen LogP contribution in [-0.4, -0.2) is 37.5 Å². The fourth-order valence-corrected chi connectivity index (χ4v) is 3.87. The lowest BCUT2D eigenvalue weighted by molar-refractivity contribution is 0.0778. The molecule has 0 atom stereocenters. The van der Waals surface area contributed by atoms with Gasteiger partial charge in [-0.05, 0) is 32.4 Å². The molecule has 1 N–H and O–H groups in total. The number of hydrogen-bond donors (Lipinski definition) is 1. The van der Waals surface area contributed by atoms with Gasteiger partial charge in [-0.3, -0.25) is 0 Å². The van der Waals surface area contributed by atoms with E-state index in [0.29, 0.717) is 25.3 Å². The monoisotopic (exact) mass is 379 g/mol. The third-order valence-corrected chi connectivity index (χ3v) is 5.23. The van der Waals surface area contributed by atoms with E-state index in [0.717, 1.165) is 5.69 Å². The summed E-state index contributed by atoms with van der Waals surface area (Å²) < 4.78 is 35.4. The van der Waals surface area contributed by atoms with Crippen molar-refractivity contribution >= 4 is 10.0 Å². The van der Waals surface area contributed by atoms with Crippen molar-refractivity contribution in [2.45, 2.75) is 57.5 Å². The molecule has 0 aliphatic heterocycles. The Labute approximate surface area is 156 Å². The molecule has 0 spiro atoms. The molecule has 0 amide bonds. The van der Waals surface area contributed by atoms with Gasteiger partial charge in [0.15, 0.2) is 0 Å². The first-order valence-corrected chi connectivity index (χ1v) is 10.4. The minimum absolute atomic E-state index is 0.142. The van der Waals surface area contributed by atoms with Gasteiger partial charge in [-0.25, -0.2) is 17.8 Å². The number of nitrogens with zero attached hydrogens (tertiary/aromatic N) is 2. The Morgan fingerprint density at radius 2 is 1.85 bits per heavy atom. The van der Waals surface area contributed by atoms with Crippen molar-refractivity contribution in [3.05, 3.63) is 42.2 Å². The summed E-state index contributed by atoms with van der Waals surface area (Å²) >= 11 is 0. The SMILES string of the molecule is CC(C)OCCCNS(=O)(=O)c1cn(-c2ccccc2)nc1C(C)(C)C. The van der Waals surface area contributed by atoms with Gasteiger partial charge in [0.2, 0.25) is 10.0 Å². The van der Waals surface area contributed by atoms with E-state index in [4.69, 9.17) is 4.74 Å². The first-order valence-electron chi connectivity index (χ1n) is 8.88. The maximum atomic E-state index is 12.8. The van der Waals surface area contributed by atoms with E-state index in [2.05, 4.69) is 9.82 Å². The van der Waals surface area contributed by atoms with Crippen LogP contribution in [0.5, 0.6) is 0 Å². The molecule has 1 aromatic carbocycles. The number of ether oxygens (including phenoxy) is 1. The number of nitrogens with one attached hydrogen (secondary N) is 1. The van der Waals surface area contributed by atoms with Crippen LogP contribution < -0.4 is 4.72 Å². The molecule has 26 heavy (non-hydrogen) atoms. The van der Waals surface area contributed by atoms with Crippen LogP contribution in [0, 0.1) is 0 Å². The van der Waals surface area contributed by atoms with Crippen molar-refractivity contribution in [1.82, 2.24) is 14.5 Å². The zero-order chi connectivity index (χ0) is 19.4. The number of benzene rings is 1. The van der Waals surface area contributed by atoms with E-state index in [1.807, 2.05) is 65.0 Å². The summed E-state index contributed by atoms with van der Waals surface area (Å²) in [6, 6.07) is 9.50. The fraction of sp³-hybridized carbons (Fsp3) is 0.526. The lowest BCUT2D eigenvalue weighted by Crippen LogP contribution is -2.28. The van der Waals surface area contributed by atoms with Crippen LogP contribution in [0.4, 0.5) is 0 Å². The van der Waals surface area contributed by atoms with Gasteiger partial charge in [0.05, 0.1) is 23.7 Å². The Hall–Kier alpha value is -1.70. The van der Waals surface area contributed by atoms with Crippen molar-refractivity contribution in [2.24, 2.45) is 0 Å². The van der Waals surface area contributed by atoms with E-state index in [1.165, 1.54) is 0 Å². The molecule has 0 aliphatic carbocycles. The van der Waals surface area contributed by atoms with Crippen molar-refractivity contribution in [2.75, 3.05) is 13.2 Å². The lowest BCUT2D eigenvalue weighted by atomic mass is 9.92. The van der Waals surface area contributed by atoms with Crippen LogP contribution in [0.3, 0.4) is 0 Å². The number of sulfonamides is 1. The minimum Gasteiger partial charge on any atom is -0.379 e. The van der Waals surface area contributed by atoms with Crippen LogP contribution in [-0.2, 0) is 20.2 Å². The zero-order valence-corrected chi connectivity index (χ0v) is 17.0. The molecular weight excluding hydrogens is 350 g/mol. The molecule has 2 aromatic rings. The van der Waals surface area contributed by atoms with Crippen LogP contribution in [0.1, 0.15) is 46.7 Å². The zero-order valence-electron chi connectivity index (χ0n) is 16.2. The summed E-state index contributed by atoms with van der Waals surface area (Å²) in [4.78, 5) is 0.221. The van der Waals surface area contributed by atoms with Gasteiger partial charge in [0.1, 0.15) is 4.90 Å². The summed E-state index contributed by atoms with van der Waals surface area (Å²) in [6.45, 7) is 10.6. The molecule has 0 fully saturated rings. The normalized spacial score (nSPS) is 12.7. The molecule has 1 aromatic heterocycles. The molecule has 0 unspecified atom stereocenters. The first kappa shape index (κ1) is 20.6. The summed E-state index contributed by atoms with van der Waals surface area (Å²) in [5.74, 6) is 0. The summed E-state index contributed by atoms with van der Waals surface area (Å²) in [7, 11) is -3.65. The molecule has 0 saturated heterocycles. The first-order chi connectivity index (χ1) is 12.1. The van der Waals surface area contributed by atoms with E-state index in [9.17, 15) is 8.42 Å². The molecule has 2 rings (SSSR count). The second kappa shape index (κ2) is 8.33. The quantitative estimate of drug-likeness (QED) is 0.715. The van der Waals surface area contributed by atoms with E-state index < -0.39 is 15.4 Å². The predicted octanol–water partition coefficient (Wildman–Crippen LogP) is 3.26. The maximum Gasteiger partial charge on any atom is 0.244 e. The molecule has 0 bridgehead atoms. The molecule has 1 heterocycles. The molecule has 0 radical (unpaired) electrons. The Kier molecular flexibility index (Phi) is 6.60. The number of rotatable bonds is 8. The highest BCUT2D eigenvalue weighted by Gasteiger charge is 2.30. The molecule has 6 nitrogen and oxygen atoms in total. The highest BCUT2D eigenvalue weighted by Crippen LogP contribution is 2.28. The Morgan fingerprint density at radius 1 is 1.19 bits per heavy atom. The van der Waals surface area contributed by atoms with Gasteiger partial charge in [-0.15, -0.1) is 0 Å². The van der Waals surface area contributed by atoms with Crippen molar-refractivity contribution in [3.8, 4) is 5.69 Å². The van der Waals surface area contributed by atoms with Gasteiger partial charge in [-0.2, -0.15) is 5.10 Å². The van der Waals surface area contributed by atoms with Crippen LogP contribution in [0.25, 0.3) is 5.69 Å². The molecule has 0 saturated carbocycles. The largest absolute Gasteiger partial charge is 0.379 e. The van der Waals surface area contributed by atoms with Crippen LogP contribution in [0.2, 0.25) is 0 Å². The van der Waals surface area contributed by atoms with Crippen molar-refractivity contribution in [1.29, 1.82) is 0 Å². The Morgan fingerprint density at radius 3 is 2.42 bits per heavy atom. The minimum atomic E-state index is -3.65. The molecule has 144 valence electrons. The predicted molar refractivity (Wildman–Crippen MR) is 103 cm³/mol. The van der Waals surface area contributed by atoms with E-state index in [-0.39, 0.29) is 11.0 Å². The fourth-order valence-electron chi connectivity index (χ4n) is 2.46. The summed E-state index contributed by atoms with van der Waals surface area (Å²) in [6.07, 6.45) is 2.35. The standard InChI is InChI=1S/C19H29N3O3S/c1-15(2)25-13-9-12-20-26(23,24)17-14-22(16-10-7-6-8-11-16)21-18(17)19(3,4)5/h6-8,10-11,14-15,20H,9,12-13H2,1-5H3. The van der Waals surface area contributed by atoms with E-state index in [1.54, 1.807) is 10.9 Å². The topological polar surface area (TPSA) is 73.2 Å². The number of hydrogen-bond acceptors (Lipinski definition) is 4. The number of para-hydroxylation sites is 1. The average Bonchev–Trinajstić information content (AvgIpc) is 3.01. The second-order valence-corrected chi connectivity index (χ2v) is 9.28. The summed E-state index contributed by atoms with van der Waals surface area (Å²) in [5.41, 5.74) is 0.974. The van der Waals surface area contributed by atoms with Crippen LogP contribution in [0.15, 0.2) is 41.4 Å². The van der Waals surface area contributed by atoms with Crippen molar-refractivity contribution < 1.29 is 13.2 Å². The van der Waals surface area contributed by atoms with Gasteiger partial charge in [0.25, 0.3) is 0 Å². The van der Waals surface area contributed by atoms with Crippen molar-refractivity contribution in [3.63, 3.8) is 0 Å². The van der Waals surface area contributed by atoms with Gasteiger partial charge < -0.3 is 4.74 Å². The smallest absolute Gasteiger partial charge is 0.244 e. The van der Waals surface area contributed by atoms with Crippen LogP contribution >= 0.6 is 0 Å². The lowest BCUT2D eigenvalue weighted by Gasteiger charge is -2.17. The third-order valence-electron chi connectivity index (χ3n) is 3.77. The maximum absolute atomic E-state index is 12.8. The van der Waals surface area contributed by atoms with Gasteiger partial charge >= 0.3 is 0 Å². The molecular formula is C19H29N3O3S. The number of aromatic nitrogens is 2. The Bertz CT molecular complexity index is 806. The van der Waals surface area contributed by atoms with E-state index >= 15 is 0 Å². The highest BCUT2D eigenvalue weighted by molar-refractivity contribution is 7.89. The second-order valence-electron chi connectivity index (χ2n) is 7.54. The van der Waals surface area contributed by atoms with Gasteiger partial charge in [-0.1, -0.05) is 39.0 Å². The average molecular weight is 380 g/mol. The van der Waals surface area contributed by atoms with Gasteiger partial charge in [0, 0.05) is 18.6 Å². The summed E-state index contributed by atoms with van der Waals surface area (Å²) in [5, 5.41) is 4.56. The third kappa shape index (κ3) is 5.40. The highest BCUT2D eigenvalue weighted by atomic mass is 32.2.